The van der Waals surface area contributed by atoms with E-state index in [1.54, 1.807) is 7.11 Å². The van der Waals surface area contributed by atoms with Crippen LogP contribution in [-0.4, -0.2) is 33.8 Å². The van der Waals surface area contributed by atoms with Crippen LogP contribution in [0.4, 0.5) is 5.69 Å². The number of hydrogen-bond acceptors (Lipinski definition) is 2. The molecule has 0 amide bonds. The minimum Gasteiger partial charge on any atom is -0.497 e. The van der Waals surface area contributed by atoms with Crippen LogP contribution in [0.25, 0.3) is 10.9 Å². The average molecular weight is 289 g/mol. The van der Waals surface area contributed by atoms with Gasteiger partial charge in [-0.2, -0.15) is 0 Å². The zero-order chi connectivity index (χ0) is 15.2. The second-order valence-corrected chi connectivity index (χ2v) is 5.95. The molecule has 3 N–H and O–H groups in total. The van der Waals surface area contributed by atoms with E-state index in [4.69, 9.17) is 4.74 Å². The van der Waals surface area contributed by atoms with Gasteiger partial charge in [0.25, 0.3) is 0 Å². The zero-order valence-electron chi connectivity index (χ0n) is 13.5. The van der Waals surface area contributed by atoms with Crippen LogP contribution in [0, 0.1) is 0 Å². The van der Waals surface area contributed by atoms with Gasteiger partial charge < -0.3 is 15.0 Å². The molecule has 0 saturated carbocycles. The molecule has 0 radical (unpaired) electrons. The molecule has 0 aliphatic heterocycles. The number of benzene rings is 1. The lowest BCUT2D eigenvalue weighted by atomic mass is 10.1. The maximum atomic E-state index is 5.33. The van der Waals surface area contributed by atoms with E-state index in [1.165, 1.54) is 29.7 Å². The molecule has 2 aromatic rings. The van der Waals surface area contributed by atoms with Gasteiger partial charge in [0, 0.05) is 18.2 Å². The summed E-state index contributed by atoms with van der Waals surface area (Å²) in [5.41, 5.74) is 2.28. The molecule has 0 fully saturated rings. The summed E-state index contributed by atoms with van der Waals surface area (Å²) in [7, 11) is 6.10. The van der Waals surface area contributed by atoms with Gasteiger partial charge >= 0.3 is 0 Å². The summed E-state index contributed by atoms with van der Waals surface area (Å²) in [6, 6.07) is 8.66. The van der Waals surface area contributed by atoms with Gasteiger partial charge in [0.15, 0.2) is 6.20 Å². The third-order valence-electron chi connectivity index (χ3n) is 3.72. The van der Waals surface area contributed by atoms with Crippen LogP contribution in [0.15, 0.2) is 30.5 Å². The van der Waals surface area contributed by atoms with Crippen LogP contribution in [0.2, 0.25) is 0 Å². The van der Waals surface area contributed by atoms with Crippen molar-refractivity contribution in [3.8, 4) is 5.75 Å². The van der Waals surface area contributed by atoms with E-state index in [1.807, 2.05) is 12.3 Å². The van der Waals surface area contributed by atoms with Crippen LogP contribution >= 0.6 is 0 Å². The van der Waals surface area contributed by atoms with E-state index in [0.717, 1.165) is 17.0 Å². The molecule has 1 atom stereocenters. The predicted molar refractivity (Wildman–Crippen MR) is 87.1 cm³/mol. The summed E-state index contributed by atoms with van der Waals surface area (Å²) >= 11 is 0. The Morgan fingerprint density at radius 1 is 1.29 bits per heavy atom. The molecule has 0 aliphatic rings. The normalized spacial score (nSPS) is 12.6. The van der Waals surface area contributed by atoms with E-state index < -0.39 is 0 Å². The SMILES string of the molecule is COc1ccc2[nH+]ccc(N[C@@H](C)CCC[NH+](C)C)c2c1. The smallest absolute Gasteiger partial charge is 0.213 e. The van der Waals surface area contributed by atoms with Crippen molar-refractivity contribution in [2.24, 2.45) is 0 Å². The van der Waals surface area contributed by atoms with Gasteiger partial charge in [0.2, 0.25) is 5.52 Å². The Balaban J connectivity index is 2.10. The first-order chi connectivity index (χ1) is 10.1. The van der Waals surface area contributed by atoms with Gasteiger partial charge in [-0.25, -0.2) is 4.98 Å². The molecule has 0 saturated heterocycles. The Kier molecular flexibility index (Phi) is 5.39. The molecule has 4 nitrogen and oxygen atoms in total. The maximum Gasteiger partial charge on any atom is 0.213 e. The van der Waals surface area contributed by atoms with Crippen molar-refractivity contribution < 1.29 is 14.6 Å². The molecule has 4 heteroatoms. The molecule has 0 bridgehead atoms. The van der Waals surface area contributed by atoms with Crippen molar-refractivity contribution in [3.05, 3.63) is 30.5 Å². The molecule has 1 aromatic carbocycles. The van der Waals surface area contributed by atoms with Crippen molar-refractivity contribution in [2.75, 3.05) is 33.1 Å². The third-order valence-corrected chi connectivity index (χ3v) is 3.72. The fourth-order valence-electron chi connectivity index (χ4n) is 2.53. The molecule has 1 aromatic heterocycles. The number of pyridine rings is 1. The highest BCUT2D eigenvalue weighted by Crippen LogP contribution is 2.25. The minimum atomic E-state index is 0.459. The lowest BCUT2D eigenvalue weighted by molar-refractivity contribution is -0.858. The van der Waals surface area contributed by atoms with Crippen LogP contribution in [0.3, 0.4) is 0 Å². The molecule has 0 unspecified atom stereocenters. The summed E-state index contributed by atoms with van der Waals surface area (Å²) in [5.74, 6) is 0.883. The van der Waals surface area contributed by atoms with E-state index in [-0.39, 0.29) is 0 Å². The number of aromatic nitrogens is 1. The van der Waals surface area contributed by atoms with E-state index in [9.17, 15) is 0 Å². The van der Waals surface area contributed by atoms with E-state index >= 15 is 0 Å². The van der Waals surface area contributed by atoms with Crippen LogP contribution in [0.5, 0.6) is 5.75 Å². The van der Waals surface area contributed by atoms with Crippen molar-refractivity contribution in [2.45, 2.75) is 25.8 Å². The van der Waals surface area contributed by atoms with Gasteiger partial charge in [-0.15, -0.1) is 0 Å². The lowest BCUT2D eigenvalue weighted by Gasteiger charge is -2.16. The van der Waals surface area contributed by atoms with Crippen molar-refractivity contribution in [3.63, 3.8) is 0 Å². The van der Waals surface area contributed by atoms with Crippen LogP contribution < -0.4 is 19.9 Å². The highest BCUT2D eigenvalue weighted by atomic mass is 16.5. The molecule has 114 valence electrons. The van der Waals surface area contributed by atoms with Gasteiger partial charge in [-0.3, -0.25) is 0 Å². The van der Waals surface area contributed by atoms with Gasteiger partial charge in [0.05, 0.1) is 38.8 Å². The zero-order valence-corrected chi connectivity index (χ0v) is 13.5. The van der Waals surface area contributed by atoms with Gasteiger partial charge in [0.1, 0.15) is 5.75 Å². The summed E-state index contributed by atoms with van der Waals surface area (Å²) in [5, 5.41) is 4.79. The number of aromatic amines is 1. The van der Waals surface area contributed by atoms with Gasteiger partial charge in [-0.05, 0) is 31.9 Å². The maximum absolute atomic E-state index is 5.33. The first-order valence-electron chi connectivity index (χ1n) is 7.64. The highest BCUT2D eigenvalue weighted by molar-refractivity contribution is 5.90. The van der Waals surface area contributed by atoms with Gasteiger partial charge in [-0.1, -0.05) is 0 Å². The first kappa shape index (κ1) is 15.6. The third kappa shape index (κ3) is 4.33. The molecular weight excluding hydrogens is 262 g/mol. The Morgan fingerprint density at radius 3 is 2.81 bits per heavy atom. The number of methoxy groups -OCH3 is 1. The van der Waals surface area contributed by atoms with Crippen molar-refractivity contribution in [1.82, 2.24) is 0 Å². The van der Waals surface area contributed by atoms with Crippen molar-refractivity contribution >= 4 is 16.6 Å². The number of anilines is 1. The number of hydrogen-bond donors (Lipinski definition) is 2. The quantitative estimate of drug-likeness (QED) is 0.808. The molecule has 2 rings (SSSR count). The Morgan fingerprint density at radius 2 is 2.10 bits per heavy atom. The fourth-order valence-corrected chi connectivity index (χ4v) is 2.53. The number of rotatable bonds is 7. The standard InChI is InChI=1S/C17H25N3O/c1-13(6-5-11-20(2)3)19-17-9-10-18-16-8-7-14(21-4)12-15(16)17/h7-10,12-13H,5-6,11H2,1-4H3,(H,18,19)/p+2/t13-/m0/s1. The second kappa shape index (κ2) is 7.27. The van der Waals surface area contributed by atoms with Crippen LogP contribution in [-0.2, 0) is 0 Å². The summed E-state index contributed by atoms with van der Waals surface area (Å²) in [4.78, 5) is 4.78. The first-order valence-corrected chi connectivity index (χ1v) is 7.64. The second-order valence-electron chi connectivity index (χ2n) is 5.95. The molecular formula is C17H27N3O+2. The van der Waals surface area contributed by atoms with E-state index in [2.05, 4.69) is 49.5 Å². The van der Waals surface area contributed by atoms with Crippen LogP contribution in [0.1, 0.15) is 19.8 Å². The minimum absolute atomic E-state index is 0.459. The molecule has 0 aliphatic carbocycles. The number of ether oxygens (including phenoxy) is 1. The molecule has 0 spiro atoms. The summed E-state index contributed by atoms with van der Waals surface area (Å²) in [6.07, 6.45) is 4.39. The highest BCUT2D eigenvalue weighted by Gasteiger charge is 2.10. The lowest BCUT2D eigenvalue weighted by Crippen LogP contribution is -3.05. The summed E-state index contributed by atoms with van der Waals surface area (Å²) in [6.45, 7) is 3.46. The monoisotopic (exact) mass is 289 g/mol. The Hall–Kier alpha value is -1.81. The number of fused-ring (bicyclic) bond motifs is 1. The number of H-pyrrole nitrogens is 1. The van der Waals surface area contributed by atoms with Crippen molar-refractivity contribution in [1.29, 1.82) is 0 Å². The summed E-state index contributed by atoms with van der Waals surface area (Å²) < 4.78 is 5.33. The van der Waals surface area contributed by atoms with E-state index in [0.29, 0.717) is 6.04 Å². The Bertz CT molecular complexity index is 583. The largest absolute Gasteiger partial charge is 0.497 e. The average Bonchev–Trinajstić information content (AvgIpc) is 2.46. The predicted octanol–water partition coefficient (Wildman–Crippen LogP) is 1.39. The molecule has 1 heterocycles. The Labute approximate surface area is 127 Å². The molecule has 21 heavy (non-hydrogen) atoms. The number of quaternary nitrogens is 1. The number of nitrogens with one attached hydrogen (secondary N) is 3. The fraction of sp³-hybridized carbons (Fsp3) is 0.471. The topological polar surface area (TPSA) is 39.8 Å².